The van der Waals surface area contributed by atoms with Crippen molar-refractivity contribution in [1.29, 1.82) is 0 Å². The van der Waals surface area contributed by atoms with Crippen molar-refractivity contribution in [3.8, 4) is 11.5 Å². The van der Waals surface area contributed by atoms with Crippen molar-refractivity contribution < 1.29 is 22.7 Å². The van der Waals surface area contributed by atoms with Crippen molar-refractivity contribution in [3.63, 3.8) is 0 Å². The number of fused-ring (bicyclic) bond motifs is 1. The Morgan fingerprint density at radius 3 is 2.46 bits per heavy atom. The number of ether oxygens (including phenoxy) is 2. The number of piperazine rings is 1. The zero-order valence-corrected chi connectivity index (χ0v) is 20.5. The quantitative estimate of drug-likeness (QED) is 0.611. The predicted octanol–water partition coefficient (Wildman–Crippen LogP) is 2.74. The number of amides is 1. The van der Waals surface area contributed by atoms with Crippen LogP contribution in [0.2, 0.25) is 0 Å². The van der Waals surface area contributed by atoms with Gasteiger partial charge in [0.05, 0.1) is 6.54 Å². The van der Waals surface area contributed by atoms with Gasteiger partial charge in [0, 0.05) is 37.6 Å². The molecule has 0 N–H and O–H groups in total. The molecule has 1 amide bonds. The maximum atomic E-state index is 13.1. The van der Waals surface area contributed by atoms with E-state index >= 15 is 0 Å². The molecule has 2 aromatic rings. The number of hydrogen-bond donors (Lipinski definition) is 0. The van der Waals surface area contributed by atoms with Crippen molar-refractivity contribution in [3.05, 3.63) is 65.1 Å². The summed E-state index contributed by atoms with van der Waals surface area (Å²) in [6.45, 7) is 3.72. The van der Waals surface area contributed by atoms with Gasteiger partial charge in [-0.3, -0.25) is 9.69 Å². The lowest BCUT2D eigenvalue weighted by atomic mass is 10.0. The van der Waals surface area contributed by atoms with E-state index in [-0.39, 0.29) is 11.9 Å². The fourth-order valence-electron chi connectivity index (χ4n) is 4.94. The number of carbonyl (C=O) groups excluding carboxylic acids is 1. The molecule has 2 aromatic carbocycles. The first kappa shape index (κ1) is 23.8. The number of likely N-dealkylation sites (tertiary alicyclic amines) is 1. The minimum atomic E-state index is -3.52. The molecule has 0 spiro atoms. The smallest absolute Gasteiger partial charge is 0.236 e. The molecule has 8 nitrogen and oxygen atoms in total. The molecule has 1 atom stereocenters. The van der Waals surface area contributed by atoms with Gasteiger partial charge in [-0.25, -0.2) is 8.42 Å². The third-order valence-corrected chi connectivity index (χ3v) is 8.40. The molecular formula is C26H31N3O5S. The molecule has 5 rings (SSSR count). The lowest BCUT2D eigenvalue weighted by molar-refractivity contribution is -0.133. The molecule has 0 aliphatic carbocycles. The number of sulfonamides is 1. The first-order chi connectivity index (χ1) is 17.0. The zero-order valence-electron chi connectivity index (χ0n) is 19.7. The largest absolute Gasteiger partial charge is 0.486 e. The first-order valence-corrected chi connectivity index (χ1v) is 13.6. The Labute approximate surface area is 206 Å². The van der Waals surface area contributed by atoms with Gasteiger partial charge in [-0.15, -0.1) is 0 Å². The van der Waals surface area contributed by atoms with E-state index in [1.807, 2.05) is 42.5 Å². The van der Waals surface area contributed by atoms with Crippen molar-refractivity contribution in [2.45, 2.75) is 18.9 Å². The molecule has 2 fully saturated rings. The summed E-state index contributed by atoms with van der Waals surface area (Å²) in [5, 5.41) is 1.25. The average Bonchev–Trinajstić information content (AvgIpc) is 3.36. The molecule has 3 heterocycles. The van der Waals surface area contributed by atoms with Gasteiger partial charge in [-0.05, 0) is 48.7 Å². The summed E-state index contributed by atoms with van der Waals surface area (Å²) in [5.74, 6) is 1.59. The summed E-state index contributed by atoms with van der Waals surface area (Å²) in [4.78, 5) is 17.1. The van der Waals surface area contributed by atoms with Gasteiger partial charge in [0.15, 0.2) is 11.5 Å². The summed E-state index contributed by atoms with van der Waals surface area (Å²) < 4.78 is 38.3. The number of benzene rings is 2. The summed E-state index contributed by atoms with van der Waals surface area (Å²) in [6.07, 6.45) is 3.64. The second-order valence-corrected chi connectivity index (χ2v) is 10.9. The first-order valence-electron chi connectivity index (χ1n) is 12.1. The molecule has 35 heavy (non-hydrogen) atoms. The maximum absolute atomic E-state index is 13.1. The van der Waals surface area contributed by atoms with Crippen LogP contribution in [0.1, 0.15) is 30.0 Å². The Balaban J connectivity index is 1.16. The molecule has 0 radical (unpaired) electrons. The SMILES string of the molecule is O=C(CN1CCCC1c1ccc2c(c1)OCCO2)N1CCN(S(=O)(=O)/C=C/c2ccccc2)CC1. The van der Waals surface area contributed by atoms with Gasteiger partial charge in [-0.1, -0.05) is 36.4 Å². The highest BCUT2D eigenvalue weighted by molar-refractivity contribution is 7.92. The van der Waals surface area contributed by atoms with E-state index in [1.54, 1.807) is 11.0 Å². The summed E-state index contributed by atoms with van der Waals surface area (Å²) in [6, 6.07) is 15.6. The van der Waals surface area contributed by atoms with Crippen LogP contribution in [-0.4, -0.2) is 80.9 Å². The minimum Gasteiger partial charge on any atom is -0.486 e. The Kier molecular flexibility index (Phi) is 7.08. The van der Waals surface area contributed by atoms with Crippen LogP contribution in [0.15, 0.2) is 53.9 Å². The lowest BCUT2D eigenvalue weighted by Crippen LogP contribution is -2.52. The van der Waals surface area contributed by atoms with Crippen molar-refractivity contribution in [2.24, 2.45) is 0 Å². The topological polar surface area (TPSA) is 79.4 Å². The average molecular weight is 498 g/mol. The van der Waals surface area contributed by atoms with Crippen LogP contribution in [0.25, 0.3) is 6.08 Å². The molecular weight excluding hydrogens is 466 g/mol. The van der Waals surface area contributed by atoms with Crippen LogP contribution in [0.3, 0.4) is 0 Å². The van der Waals surface area contributed by atoms with E-state index < -0.39 is 10.0 Å². The second-order valence-electron chi connectivity index (χ2n) is 9.07. The predicted molar refractivity (Wildman–Crippen MR) is 134 cm³/mol. The third kappa shape index (κ3) is 5.52. The molecule has 3 aliphatic heterocycles. The molecule has 0 bridgehead atoms. The standard InChI is InChI=1S/C26H31N3O5S/c30-26(20-28-11-4-7-23(28)22-8-9-24-25(19-22)34-17-16-33-24)27-12-14-29(15-13-27)35(31,32)18-10-21-5-2-1-3-6-21/h1-3,5-6,8-10,18-19,23H,4,7,11-17,20H2/b18-10+. The monoisotopic (exact) mass is 497 g/mol. The molecule has 1 unspecified atom stereocenters. The van der Waals surface area contributed by atoms with Gasteiger partial charge in [-0.2, -0.15) is 4.31 Å². The molecule has 2 saturated heterocycles. The van der Waals surface area contributed by atoms with Crippen LogP contribution in [0.4, 0.5) is 0 Å². The minimum absolute atomic E-state index is 0.0475. The lowest BCUT2D eigenvalue weighted by Gasteiger charge is -2.35. The number of hydrogen-bond acceptors (Lipinski definition) is 6. The number of rotatable bonds is 6. The van der Waals surface area contributed by atoms with Gasteiger partial charge >= 0.3 is 0 Å². The molecule has 0 saturated carbocycles. The fourth-order valence-corrected chi connectivity index (χ4v) is 6.11. The summed E-state index contributed by atoms with van der Waals surface area (Å²) in [7, 11) is -3.52. The van der Waals surface area contributed by atoms with Crippen LogP contribution in [0, 0.1) is 0 Å². The fraction of sp³-hybridized carbons (Fsp3) is 0.423. The third-order valence-electron chi connectivity index (χ3n) is 6.84. The van der Waals surface area contributed by atoms with Gasteiger partial charge in [0.25, 0.3) is 0 Å². The Morgan fingerprint density at radius 1 is 0.943 bits per heavy atom. The maximum Gasteiger partial charge on any atom is 0.236 e. The van der Waals surface area contributed by atoms with E-state index in [2.05, 4.69) is 11.0 Å². The summed E-state index contributed by atoms with van der Waals surface area (Å²) >= 11 is 0. The van der Waals surface area contributed by atoms with Crippen molar-refractivity contribution in [1.82, 2.24) is 14.1 Å². The number of nitrogens with zero attached hydrogens (tertiary/aromatic N) is 3. The van der Waals surface area contributed by atoms with Crippen LogP contribution in [0.5, 0.6) is 11.5 Å². The normalized spacial score (nSPS) is 21.5. The number of carbonyl (C=O) groups is 1. The van der Waals surface area contributed by atoms with Crippen LogP contribution in [-0.2, 0) is 14.8 Å². The van der Waals surface area contributed by atoms with Crippen LogP contribution < -0.4 is 9.47 Å². The van der Waals surface area contributed by atoms with Gasteiger partial charge in [0.1, 0.15) is 13.2 Å². The highest BCUT2D eigenvalue weighted by atomic mass is 32.2. The highest BCUT2D eigenvalue weighted by Crippen LogP contribution is 2.38. The Morgan fingerprint density at radius 2 is 1.69 bits per heavy atom. The molecule has 186 valence electrons. The van der Waals surface area contributed by atoms with E-state index in [0.29, 0.717) is 45.9 Å². The second kappa shape index (κ2) is 10.4. The van der Waals surface area contributed by atoms with Crippen molar-refractivity contribution >= 4 is 22.0 Å². The molecule has 9 heteroatoms. The van der Waals surface area contributed by atoms with E-state index in [1.165, 1.54) is 9.71 Å². The van der Waals surface area contributed by atoms with Gasteiger partial charge in [0.2, 0.25) is 15.9 Å². The molecule has 0 aromatic heterocycles. The summed E-state index contributed by atoms with van der Waals surface area (Å²) in [5.41, 5.74) is 1.98. The Hall–Kier alpha value is -2.88. The van der Waals surface area contributed by atoms with Crippen LogP contribution >= 0.6 is 0 Å². The van der Waals surface area contributed by atoms with Gasteiger partial charge < -0.3 is 14.4 Å². The van der Waals surface area contributed by atoms with Crippen molar-refractivity contribution in [2.75, 3.05) is 52.5 Å². The van der Waals surface area contributed by atoms with E-state index in [0.717, 1.165) is 42.0 Å². The van der Waals surface area contributed by atoms with E-state index in [4.69, 9.17) is 9.47 Å². The molecule has 3 aliphatic rings. The zero-order chi connectivity index (χ0) is 24.3. The van der Waals surface area contributed by atoms with E-state index in [9.17, 15) is 13.2 Å². The highest BCUT2D eigenvalue weighted by Gasteiger charge is 2.32. The Bertz CT molecular complexity index is 1180.